The summed E-state index contributed by atoms with van der Waals surface area (Å²) in [5, 5.41) is 12.4. The minimum absolute atomic E-state index is 0.0360. The van der Waals surface area contributed by atoms with Gasteiger partial charge in [-0.1, -0.05) is 18.9 Å². The van der Waals surface area contributed by atoms with Gasteiger partial charge in [-0.05, 0) is 94.7 Å². The van der Waals surface area contributed by atoms with Gasteiger partial charge in [0.05, 0.1) is 12.7 Å². The predicted octanol–water partition coefficient (Wildman–Crippen LogP) is 4.86. The fourth-order valence-corrected chi connectivity index (χ4v) is 11.0. The number of methoxy groups -OCH3 is 2. The van der Waals surface area contributed by atoms with Gasteiger partial charge in [-0.15, -0.1) is 0 Å². The lowest BCUT2D eigenvalue weighted by Gasteiger charge is -2.75. The van der Waals surface area contributed by atoms with Crippen molar-refractivity contribution in [3.8, 4) is 11.5 Å². The third kappa shape index (κ3) is 2.45. The Kier molecular flexibility index (Phi) is 4.54. The van der Waals surface area contributed by atoms with Crippen molar-refractivity contribution in [3.63, 3.8) is 0 Å². The molecule has 196 valence electrons. The van der Waals surface area contributed by atoms with Crippen molar-refractivity contribution < 1.29 is 19.3 Å². The Hall–Kier alpha value is -1.30. The minimum atomic E-state index is -0.736. The lowest BCUT2D eigenvalue weighted by molar-refractivity contribution is -0.307. The number of ether oxygens (including phenoxy) is 3. The number of rotatable bonds is 6. The molecule has 9 rings (SSSR count). The standard InChI is InChI=1S/C31H43NO4/c1-28(33,21-6-4-5-7-21)23-17-29-12-13-31(23,35-3)27-30(29)14-15-32(18-19-8-9-19)24(29)16-20-10-11-22(34-2)26(36-27)25(20)30/h10-11,19,21,23-24,27,33H,4-9,12-18H2,1-3H3/t23-,24-,27-,28-,29-,30+,31-/m1/s1. The molecule has 8 aliphatic rings. The number of fused-ring (bicyclic) bond motifs is 2. The predicted molar refractivity (Wildman–Crippen MR) is 138 cm³/mol. The molecule has 0 unspecified atom stereocenters. The van der Waals surface area contributed by atoms with E-state index in [-0.39, 0.29) is 22.9 Å². The number of aliphatic hydroxyl groups is 1. The van der Waals surface area contributed by atoms with Gasteiger partial charge in [-0.25, -0.2) is 0 Å². The number of hydrogen-bond acceptors (Lipinski definition) is 5. The van der Waals surface area contributed by atoms with Crippen molar-refractivity contribution in [3.05, 3.63) is 23.3 Å². The van der Waals surface area contributed by atoms with Crippen LogP contribution in [0.3, 0.4) is 0 Å². The molecule has 5 saturated carbocycles. The van der Waals surface area contributed by atoms with Gasteiger partial charge in [-0.3, -0.25) is 4.90 Å². The molecule has 5 heteroatoms. The third-order valence-corrected chi connectivity index (χ3v) is 12.8. The Labute approximate surface area is 215 Å². The SMILES string of the molecule is COc1ccc2c3c1O[C@H]1[C@@]4(OC)CC[C@@]5(C[C@@H]4[C@](C)(O)C4CCCC4)[C@@H](C2)N(CC2CC2)CC[C@]315. The normalized spacial score (nSPS) is 44.3. The summed E-state index contributed by atoms with van der Waals surface area (Å²) in [7, 11) is 3.68. The summed E-state index contributed by atoms with van der Waals surface area (Å²) in [5.41, 5.74) is 1.82. The largest absolute Gasteiger partial charge is 0.493 e. The van der Waals surface area contributed by atoms with E-state index in [0.29, 0.717) is 12.0 Å². The molecule has 7 atom stereocenters. The number of piperidine rings is 1. The monoisotopic (exact) mass is 493 g/mol. The average molecular weight is 494 g/mol. The zero-order valence-corrected chi connectivity index (χ0v) is 22.4. The molecule has 2 spiro atoms. The topological polar surface area (TPSA) is 51.2 Å². The zero-order chi connectivity index (χ0) is 24.5. The molecule has 0 aromatic heterocycles. The molecule has 1 aromatic rings. The van der Waals surface area contributed by atoms with Gasteiger partial charge in [0.25, 0.3) is 0 Å². The van der Waals surface area contributed by atoms with E-state index in [9.17, 15) is 5.11 Å². The van der Waals surface area contributed by atoms with Gasteiger partial charge in [0.1, 0.15) is 11.7 Å². The highest BCUT2D eigenvalue weighted by molar-refractivity contribution is 5.63. The smallest absolute Gasteiger partial charge is 0.165 e. The molecule has 36 heavy (non-hydrogen) atoms. The van der Waals surface area contributed by atoms with Crippen LogP contribution in [-0.4, -0.2) is 60.7 Å². The molecule has 0 amide bonds. The van der Waals surface area contributed by atoms with E-state index < -0.39 is 11.2 Å². The molecule has 5 nitrogen and oxygen atoms in total. The van der Waals surface area contributed by atoms with Gasteiger partial charge < -0.3 is 19.3 Å². The van der Waals surface area contributed by atoms with Crippen LogP contribution in [0.15, 0.2) is 12.1 Å². The summed E-state index contributed by atoms with van der Waals surface area (Å²) in [6.07, 6.45) is 13.0. The Bertz CT molecular complexity index is 1090. The number of likely N-dealkylation sites (tertiary alicyclic amines) is 1. The van der Waals surface area contributed by atoms with Crippen LogP contribution >= 0.6 is 0 Å². The zero-order valence-electron chi connectivity index (χ0n) is 22.4. The average Bonchev–Trinajstić information content (AvgIpc) is 3.37. The maximum Gasteiger partial charge on any atom is 0.165 e. The first-order valence-electron chi connectivity index (χ1n) is 14.8. The first kappa shape index (κ1) is 22.7. The van der Waals surface area contributed by atoms with E-state index in [2.05, 4.69) is 24.0 Å². The summed E-state index contributed by atoms with van der Waals surface area (Å²) in [4.78, 5) is 2.89. The lowest BCUT2D eigenvalue weighted by Crippen LogP contribution is -2.83. The summed E-state index contributed by atoms with van der Waals surface area (Å²) in [6.45, 7) is 4.57. The number of hydrogen-bond donors (Lipinski definition) is 1. The second-order valence-electron chi connectivity index (χ2n) is 13.8. The molecule has 1 saturated heterocycles. The van der Waals surface area contributed by atoms with E-state index in [0.717, 1.165) is 62.5 Å². The van der Waals surface area contributed by atoms with Crippen LogP contribution in [0.1, 0.15) is 82.3 Å². The van der Waals surface area contributed by atoms with Crippen LogP contribution in [0.4, 0.5) is 0 Å². The molecule has 4 bridgehead atoms. The van der Waals surface area contributed by atoms with Crippen molar-refractivity contribution in [1.82, 2.24) is 4.90 Å². The summed E-state index contributed by atoms with van der Waals surface area (Å²) < 4.78 is 19.8. The highest BCUT2D eigenvalue weighted by Crippen LogP contribution is 2.78. The molecular formula is C31H43NO4. The fraction of sp³-hybridized carbons (Fsp3) is 0.806. The van der Waals surface area contributed by atoms with Crippen LogP contribution in [-0.2, 0) is 16.6 Å². The van der Waals surface area contributed by atoms with Crippen molar-refractivity contribution >= 4 is 0 Å². The van der Waals surface area contributed by atoms with Crippen molar-refractivity contribution in [2.75, 3.05) is 27.3 Å². The molecule has 0 radical (unpaired) electrons. The van der Waals surface area contributed by atoms with Gasteiger partial charge in [-0.2, -0.15) is 0 Å². The molecule has 2 heterocycles. The Morgan fingerprint density at radius 1 is 1.11 bits per heavy atom. The molecular weight excluding hydrogens is 450 g/mol. The van der Waals surface area contributed by atoms with Gasteiger partial charge in [0.2, 0.25) is 0 Å². The van der Waals surface area contributed by atoms with E-state index in [4.69, 9.17) is 14.2 Å². The second-order valence-corrected chi connectivity index (χ2v) is 13.8. The van der Waals surface area contributed by atoms with E-state index in [1.165, 1.54) is 49.8 Å². The number of nitrogens with zero attached hydrogens (tertiary/aromatic N) is 1. The van der Waals surface area contributed by atoms with Crippen LogP contribution in [0.25, 0.3) is 0 Å². The second kappa shape index (κ2) is 7.21. The van der Waals surface area contributed by atoms with Crippen LogP contribution in [0.2, 0.25) is 0 Å². The quantitative estimate of drug-likeness (QED) is 0.613. The molecule has 1 N–H and O–H groups in total. The minimum Gasteiger partial charge on any atom is -0.493 e. The Morgan fingerprint density at radius 2 is 1.92 bits per heavy atom. The summed E-state index contributed by atoms with van der Waals surface area (Å²) in [5.74, 6) is 3.21. The molecule has 1 aromatic carbocycles. The van der Waals surface area contributed by atoms with Gasteiger partial charge in [0, 0.05) is 42.0 Å². The molecule has 6 fully saturated rings. The van der Waals surface area contributed by atoms with Crippen molar-refractivity contribution in [2.45, 2.75) is 106 Å². The Balaban J connectivity index is 1.34. The lowest BCUT2D eigenvalue weighted by atomic mass is 9.33. The van der Waals surface area contributed by atoms with Gasteiger partial charge in [0.15, 0.2) is 11.5 Å². The van der Waals surface area contributed by atoms with E-state index >= 15 is 0 Å². The highest BCUT2D eigenvalue weighted by atomic mass is 16.6. The molecule has 6 aliphatic carbocycles. The Morgan fingerprint density at radius 3 is 2.64 bits per heavy atom. The van der Waals surface area contributed by atoms with Crippen molar-refractivity contribution in [1.29, 1.82) is 0 Å². The van der Waals surface area contributed by atoms with Crippen molar-refractivity contribution in [2.24, 2.45) is 23.2 Å². The van der Waals surface area contributed by atoms with Crippen LogP contribution in [0, 0.1) is 23.2 Å². The summed E-state index contributed by atoms with van der Waals surface area (Å²) >= 11 is 0. The first-order valence-corrected chi connectivity index (χ1v) is 14.8. The first-order chi connectivity index (χ1) is 17.4. The molecule has 2 aliphatic heterocycles. The highest BCUT2D eigenvalue weighted by Gasteiger charge is 2.82. The maximum atomic E-state index is 12.4. The fourth-order valence-electron chi connectivity index (χ4n) is 11.0. The van der Waals surface area contributed by atoms with Gasteiger partial charge >= 0.3 is 0 Å². The van der Waals surface area contributed by atoms with Crippen LogP contribution < -0.4 is 9.47 Å². The van der Waals surface area contributed by atoms with E-state index in [1.807, 2.05) is 7.11 Å². The summed E-state index contributed by atoms with van der Waals surface area (Å²) in [6, 6.07) is 5.00. The van der Waals surface area contributed by atoms with Crippen LogP contribution in [0.5, 0.6) is 11.5 Å². The maximum absolute atomic E-state index is 12.4. The third-order valence-electron chi connectivity index (χ3n) is 12.8. The number of benzene rings is 1. The van der Waals surface area contributed by atoms with E-state index in [1.54, 1.807) is 7.11 Å².